The van der Waals surface area contributed by atoms with Crippen molar-refractivity contribution in [2.45, 2.75) is 58.9 Å². The molecule has 0 aromatic carbocycles. The van der Waals surface area contributed by atoms with Gasteiger partial charge in [-0.15, -0.1) is 11.3 Å². The lowest BCUT2D eigenvalue weighted by Crippen LogP contribution is -2.41. The molecule has 21 heavy (non-hydrogen) atoms. The molecular weight excluding hydrogens is 280 g/mol. The first-order valence-corrected chi connectivity index (χ1v) is 8.79. The van der Waals surface area contributed by atoms with Crippen LogP contribution in [-0.4, -0.2) is 24.5 Å². The fraction of sp³-hybridized carbons (Fsp3) is 0.750. The first-order chi connectivity index (χ1) is 10.0. The molecular formula is C16H28N4S. The van der Waals surface area contributed by atoms with Crippen LogP contribution >= 0.6 is 11.3 Å². The predicted molar refractivity (Wildman–Crippen MR) is 91.0 cm³/mol. The Bertz CT molecular complexity index is 472. The molecule has 2 rings (SSSR count). The van der Waals surface area contributed by atoms with Gasteiger partial charge in [0.25, 0.3) is 0 Å². The maximum atomic E-state index is 4.64. The van der Waals surface area contributed by atoms with Crippen LogP contribution in [0.25, 0.3) is 0 Å². The van der Waals surface area contributed by atoms with Crippen LogP contribution in [0.2, 0.25) is 0 Å². The maximum absolute atomic E-state index is 4.64. The van der Waals surface area contributed by atoms with E-state index < -0.39 is 0 Å². The standard InChI is InChI=1S/C16H28N4S/c1-12(2)13-10-21-14(20-13)9-18-15(17-4)19-11-16(3)7-5-6-8-16/h10,12H,5-9,11H2,1-4H3,(H2,17,18,19). The Morgan fingerprint density at radius 1 is 1.38 bits per heavy atom. The van der Waals surface area contributed by atoms with Crippen molar-refractivity contribution in [3.8, 4) is 0 Å². The number of hydrogen-bond acceptors (Lipinski definition) is 3. The third-order valence-corrected chi connectivity index (χ3v) is 5.15. The van der Waals surface area contributed by atoms with Gasteiger partial charge in [0.1, 0.15) is 5.01 Å². The highest BCUT2D eigenvalue weighted by Gasteiger charge is 2.28. The molecule has 0 radical (unpaired) electrons. The molecule has 0 bridgehead atoms. The molecule has 1 aromatic rings. The van der Waals surface area contributed by atoms with Gasteiger partial charge in [-0.3, -0.25) is 4.99 Å². The molecule has 4 nitrogen and oxygen atoms in total. The summed E-state index contributed by atoms with van der Waals surface area (Å²) in [6.07, 6.45) is 5.37. The molecule has 0 amide bonds. The molecule has 118 valence electrons. The van der Waals surface area contributed by atoms with Crippen LogP contribution in [0.15, 0.2) is 10.4 Å². The van der Waals surface area contributed by atoms with Gasteiger partial charge in [-0.1, -0.05) is 33.6 Å². The lowest BCUT2D eigenvalue weighted by atomic mass is 9.89. The highest BCUT2D eigenvalue weighted by molar-refractivity contribution is 7.09. The summed E-state index contributed by atoms with van der Waals surface area (Å²) in [6.45, 7) is 8.47. The summed E-state index contributed by atoms with van der Waals surface area (Å²) >= 11 is 1.72. The zero-order chi connectivity index (χ0) is 15.3. The van der Waals surface area contributed by atoms with Crippen LogP contribution in [0.3, 0.4) is 0 Å². The largest absolute Gasteiger partial charge is 0.356 e. The summed E-state index contributed by atoms with van der Waals surface area (Å²) in [7, 11) is 1.83. The average molecular weight is 308 g/mol. The zero-order valence-corrected chi connectivity index (χ0v) is 14.5. The molecule has 0 aliphatic heterocycles. The van der Waals surface area contributed by atoms with E-state index >= 15 is 0 Å². The van der Waals surface area contributed by atoms with E-state index in [4.69, 9.17) is 0 Å². The molecule has 0 unspecified atom stereocenters. The van der Waals surface area contributed by atoms with Gasteiger partial charge in [-0.05, 0) is 24.2 Å². The van der Waals surface area contributed by atoms with Gasteiger partial charge in [-0.25, -0.2) is 4.98 Å². The predicted octanol–water partition coefficient (Wildman–Crippen LogP) is 3.51. The number of thiazole rings is 1. The van der Waals surface area contributed by atoms with Gasteiger partial charge >= 0.3 is 0 Å². The second kappa shape index (κ2) is 7.25. The van der Waals surface area contributed by atoms with Gasteiger partial charge in [-0.2, -0.15) is 0 Å². The molecule has 0 spiro atoms. The summed E-state index contributed by atoms with van der Waals surface area (Å²) in [5, 5.41) is 10.1. The first-order valence-electron chi connectivity index (χ1n) is 7.91. The average Bonchev–Trinajstić information content (AvgIpc) is 3.08. The van der Waals surface area contributed by atoms with Gasteiger partial charge in [0.15, 0.2) is 5.96 Å². The normalized spacial score (nSPS) is 18.2. The minimum atomic E-state index is 0.434. The summed E-state index contributed by atoms with van der Waals surface area (Å²) in [4.78, 5) is 8.95. The van der Waals surface area contributed by atoms with E-state index in [1.807, 2.05) is 7.05 Å². The maximum Gasteiger partial charge on any atom is 0.191 e. The number of hydrogen-bond donors (Lipinski definition) is 2. The van der Waals surface area contributed by atoms with E-state index in [0.717, 1.165) is 24.1 Å². The highest BCUT2D eigenvalue weighted by Crippen LogP contribution is 2.36. The number of aromatic nitrogens is 1. The first kappa shape index (κ1) is 16.3. The SMILES string of the molecule is CN=C(NCc1nc(C(C)C)cs1)NCC1(C)CCCC1. The van der Waals surface area contributed by atoms with E-state index in [0.29, 0.717) is 11.3 Å². The van der Waals surface area contributed by atoms with Crippen LogP contribution in [0, 0.1) is 5.41 Å². The van der Waals surface area contributed by atoms with E-state index in [-0.39, 0.29) is 0 Å². The molecule has 1 heterocycles. The summed E-state index contributed by atoms with van der Waals surface area (Å²) < 4.78 is 0. The Hall–Kier alpha value is -1.10. The highest BCUT2D eigenvalue weighted by atomic mass is 32.1. The molecule has 2 N–H and O–H groups in total. The van der Waals surface area contributed by atoms with Crippen molar-refractivity contribution >= 4 is 17.3 Å². The summed E-state index contributed by atoms with van der Waals surface area (Å²) in [6, 6.07) is 0. The van der Waals surface area contributed by atoms with E-state index in [2.05, 4.69) is 46.8 Å². The van der Waals surface area contributed by atoms with Gasteiger partial charge in [0.2, 0.25) is 0 Å². The minimum absolute atomic E-state index is 0.434. The van der Waals surface area contributed by atoms with Crippen molar-refractivity contribution in [2.75, 3.05) is 13.6 Å². The van der Waals surface area contributed by atoms with Crippen LogP contribution in [0.1, 0.15) is 63.1 Å². The van der Waals surface area contributed by atoms with Crippen LogP contribution in [0.4, 0.5) is 0 Å². The van der Waals surface area contributed by atoms with Gasteiger partial charge in [0.05, 0.1) is 12.2 Å². The number of nitrogens with zero attached hydrogens (tertiary/aromatic N) is 2. The van der Waals surface area contributed by atoms with Gasteiger partial charge in [0, 0.05) is 19.0 Å². The monoisotopic (exact) mass is 308 g/mol. The second-order valence-electron chi connectivity index (χ2n) is 6.62. The fourth-order valence-electron chi connectivity index (χ4n) is 2.75. The molecule has 1 aliphatic rings. The van der Waals surface area contributed by atoms with Crippen LogP contribution < -0.4 is 10.6 Å². The van der Waals surface area contributed by atoms with Crippen LogP contribution in [0.5, 0.6) is 0 Å². The minimum Gasteiger partial charge on any atom is -0.356 e. The third-order valence-electron chi connectivity index (χ3n) is 4.28. The molecule has 1 fully saturated rings. The Balaban J connectivity index is 1.79. The molecule has 5 heteroatoms. The molecule has 1 saturated carbocycles. The number of aliphatic imine (C=N–C) groups is 1. The van der Waals surface area contributed by atoms with E-state index in [9.17, 15) is 0 Å². The number of rotatable bonds is 5. The number of nitrogens with one attached hydrogen (secondary N) is 2. The molecule has 1 aromatic heterocycles. The Labute approximate surface area is 132 Å². The molecule has 0 atom stereocenters. The fourth-order valence-corrected chi connectivity index (χ4v) is 3.65. The second-order valence-corrected chi connectivity index (χ2v) is 7.56. The summed E-state index contributed by atoms with van der Waals surface area (Å²) in [5.74, 6) is 1.37. The Morgan fingerprint density at radius 3 is 2.67 bits per heavy atom. The van der Waals surface area contributed by atoms with Crippen molar-refractivity contribution in [3.05, 3.63) is 16.1 Å². The van der Waals surface area contributed by atoms with Gasteiger partial charge < -0.3 is 10.6 Å². The Kier molecular flexibility index (Phi) is 5.62. The van der Waals surface area contributed by atoms with Crippen molar-refractivity contribution in [1.29, 1.82) is 0 Å². The topological polar surface area (TPSA) is 49.3 Å². The Morgan fingerprint density at radius 2 is 2.10 bits per heavy atom. The quantitative estimate of drug-likeness (QED) is 0.646. The van der Waals surface area contributed by atoms with Crippen molar-refractivity contribution in [1.82, 2.24) is 15.6 Å². The summed E-state index contributed by atoms with van der Waals surface area (Å²) in [5.41, 5.74) is 1.61. The van der Waals surface area contributed by atoms with E-state index in [1.54, 1.807) is 11.3 Å². The number of guanidine groups is 1. The molecule has 1 aliphatic carbocycles. The smallest absolute Gasteiger partial charge is 0.191 e. The van der Waals surface area contributed by atoms with Crippen molar-refractivity contribution in [3.63, 3.8) is 0 Å². The molecule has 0 saturated heterocycles. The van der Waals surface area contributed by atoms with Crippen molar-refractivity contribution < 1.29 is 0 Å². The zero-order valence-electron chi connectivity index (χ0n) is 13.7. The van der Waals surface area contributed by atoms with Crippen LogP contribution in [-0.2, 0) is 6.54 Å². The van der Waals surface area contributed by atoms with Crippen molar-refractivity contribution in [2.24, 2.45) is 10.4 Å². The third kappa shape index (κ3) is 4.70. The lowest BCUT2D eigenvalue weighted by Gasteiger charge is -2.25. The van der Waals surface area contributed by atoms with E-state index in [1.165, 1.54) is 31.4 Å². The lowest BCUT2D eigenvalue weighted by molar-refractivity contribution is 0.334.